The van der Waals surface area contributed by atoms with Gasteiger partial charge in [0, 0.05) is 23.8 Å². The maximum Gasteiger partial charge on any atom is 0.355 e. The Bertz CT molecular complexity index is 610. The highest BCUT2D eigenvalue weighted by Gasteiger charge is 2.11. The lowest BCUT2D eigenvalue weighted by Gasteiger charge is -2.14. The fraction of sp³-hybridized carbons (Fsp3) is 0.333. The van der Waals surface area contributed by atoms with Crippen molar-refractivity contribution < 1.29 is 14.7 Å². The van der Waals surface area contributed by atoms with Crippen LogP contribution in [0.2, 0.25) is 0 Å². The summed E-state index contributed by atoms with van der Waals surface area (Å²) in [5, 5.41) is 20.2. The molecule has 0 fully saturated rings. The lowest BCUT2D eigenvalue weighted by atomic mass is 10.3. The number of amides is 2. The van der Waals surface area contributed by atoms with Crippen molar-refractivity contribution in [2.24, 2.45) is 0 Å². The van der Waals surface area contributed by atoms with Crippen molar-refractivity contribution >= 4 is 23.3 Å². The van der Waals surface area contributed by atoms with Crippen LogP contribution in [0, 0.1) is 0 Å². The van der Waals surface area contributed by atoms with Gasteiger partial charge in [-0.15, -0.1) is 11.3 Å². The quantitative estimate of drug-likeness (QED) is 0.735. The molecule has 112 valence electrons. The van der Waals surface area contributed by atoms with Crippen LogP contribution in [0.15, 0.2) is 23.8 Å². The van der Waals surface area contributed by atoms with E-state index in [1.807, 2.05) is 19.2 Å². The Kier molecular flexibility index (Phi) is 4.88. The molecule has 8 nitrogen and oxygen atoms in total. The van der Waals surface area contributed by atoms with Gasteiger partial charge in [0.2, 0.25) is 0 Å². The number of nitrogens with one attached hydrogen (secondary N) is 2. The summed E-state index contributed by atoms with van der Waals surface area (Å²) < 4.78 is 1.73. The van der Waals surface area contributed by atoms with Crippen LogP contribution in [0.3, 0.4) is 0 Å². The Morgan fingerprint density at radius 2 is 2.33 bits per heavy atom. The van der Waals surface area contributed by atoms with Crippen LogP contribution in [-0.2, 0) is 13.1 Å². The molecule has 2 amide bonds. The van der Waals surface area contributed by atoms with Crippen molar-refractivity contribution in [3.8, 4) is 0 Å². The van der Waals surface area contributed by atoms with Crippen LogP contribution in [0.25, 0.3) is 0 Å². The van der Waals surface area contributed by atoms with Gasteiger partial charge in [-0.05, 0) is 13.0 Å². The molecular weight excluding hydrogens is 294 g/mol. The first-order valence-electron chi connectivity index (χ1n) is 6.24. The Morgan fingerprint density at radius 3 is 2.95 bits per heavy atom. The first-order valence-corrected chi connectivity index (χ1v) is 7.12. The number of aromatic nitrogens is 3. The van der Waals surface area contributed by atoms with Crippen molar-refractivity contribution in [2.45, 2.75) is 26.1 Å². The zero-order chi connectivity index (χ0) is 15.2. The van der Waals surface area contributed by atoms with Gasteiger partial charge in [-0.25, -0.2) is 14.6 Å². The number of hydrogen-bond acceptors (Lipinski definition) is 5. The van der Waals surface area contributed by atoms with E-state index in [2.05, 4.69) is 20.7 Å². The fourth-order valence-electron chi connectivity index (χ4n) is 1.66. The predicted octanol–water partition coefficient (Wildman–Crippen LogP) is 0.926. The molecule has 2 rings (SSSR count). The molecule has 0 aromatic carbocycles. The van der Waals surface area contributed by atoms with Crippen molar-refractivity contribution in [2.75, 3.05) is 0 Å². The molecule has 0 radical (unpaired) electrons. The summed E-state index contributed by atoms with van der Waals surface area (Å²) in [5.41, 5.74) is -0.00995. The summed E-state index contributed by atoms with van der Waals surface area (Å²) in [7, 11) is 0. The number of thiazole rings is 1. The number of nitrogens with zero attached hydrogens (tertiary/aromatic N) is 3. The summed E-state index contributed by atoms with van der Waals surface area (Å²) in [6.45, 7) is 2.63. The number of aromatic carboxylic acids is 1. The summed E-state index contributed by atoms with van der Waals surface area (Å²) in [4.78, 5) is 26.3. The zero-order valence-corrected chi connectivity index (χ0v) is 12.1. The topological polar surface area (TPSA) is 109 Å². The van der Waals surface area contributed by atoms with Gasteiger partial charge in [0.1, 0.15) is 5.01 Å². The highest BCUT2D eigenvalue weighted by atomic mass is 32.1. The van der Waals surface area contributed by atoms with Gasteiger partial charge in [0.05, 0.1) is 13.1 Å². The number of carbonyl (C=O) groups is 2. The fourth-order valence-corrected chi connectivity index (χ4v) is 2.36. The van der Waals surface area contributed by atoms with Gasteiger partial charge in [-0.3, -0.25) is 4.68 Å². The van der Waals surface area contributed by atoms with Crippen LogP contribution in [-0.4, -0.2) is 37.9 Å². The van der Waals surface area contributed by atoms with Crippen LogP contribution in [0.4, 0.5) is 4.79 Å². The number of carbonyl (C=O) groups excluding carboxylic acids is 1. The third-order valence-corrected chi connectivity index (χ3v) is 3.42. The third kappa shape index (κ3) is 4.56. The molecule has 1 unspecified atom stereocenters. The van der Waals surface area contributed by atoms with Crippen LogP contribution in [0.1, 0.15) is 22.4 Å². The maximum absolute atomic E-state index is 11.7. The van der Waals surface area contributed by atoms with E-state index in [0.29, 0.717) is 11.6 Å². The minimum Gasteiger partial charge on any atom is -0.476 e. The average molecular weight is 309 g/mol. The summed E-state index contributed by atoms with van der Waals surface area (Å²) in [6, 6.07) is 1.40. The minimum atomic E-state index is -1.07. The van der Waals surface area contributed by atoms with E-state index in [1.54, 1.807) is 10.9 Å². The van der Waals surface area contributed by atoms with Crippen molar-refractivity contribution in [3.63, 3.8) is 0 Å². The van der Waals surface area contributed by atoms with Gasteiger partial charge in [-0.1, -0.05) is 0 Å². The molecule has 2 aromatic heterocycles. The first kappa shape index (κ1) is 15.0. The molecule has 0 aliphatic rings. The molecule has 9 heteroatoms. The molecule has 0 bridgehead atoms. The van der Waals surface area contributed by atoms with Gasteiger partial charge >= 0.3 is 12.0 Å². The SMILES string of the molecule is CC(Cn1cccn1)NC(=O)NCc1nc(C(=O)O)cs1. The number of urea groups is 1. The van der Waals surface area contributed by atoms with E-state index in [1.165, 1.54) is 16.7 Å². The largest absolute Gasteiger partial charge is 0.476 e. The van der Waals surface area contributed by atoms with Crippen LogP contribution in [0.5, 0.6) is 0 Å². The van der Waals surface area contributed by atoms with Gasteiger partial charge < -0.3 is 15.7 Å². The molecule has 1 atom stereocenters. The summed E-state index contributed by atoms with van der Waals surface area (Å²) in [5.74, 6) is -1.07. The summed E-state index contributed by atoms with van der Waals surface area (Å²) >= 11 is 1.19. The molecule has 0 spiro atoms. The Morgan fingerprint density at radius 1 is 1.52 bits per heavy atom. The molecule has 0 saturated carbocycles. The van der Waals surface area contributed by atoms with Gasteiger partial charge in [0.25, 0.3) is 0 Å². The van der Waals surface area contributed by atoms with Crippen LogP contribution < -0.4 is 10.6 Å². The van der Waals surface area contributed by atoms with Crippen LogP contribution >= 0.6 is 11.3 Å². The Balaban J connectivity index is 1.75. The number of hydrogen-bond donors (Lipinski definition) is 3. The summed E-state index contributed by atoms with van der Waals surface area (Å²) in [6.07, 6.45) is 3.49. The molecule has 3 N–H and O–H groups in total. The monoisotopic (exact) mass is 309 g/mol. The van der Waals surface area contributed by atoms with Gasteiger partial charge in [-0.2, -0.15) is 5.10 Å². The predicted molar refractivity (Wildman–Crippen MR) is 76.1 cm³/mol. The molecule has 2 heterocycles. The second kappa shape index (κ2) is 6.84. The number of carboxylic acid groups (broad SMARTS) is 1. The van der Waals surface area contributed by atoms with Crippen molar-refractivity contribution in [1.29, 1.82) is 0 Å². The average Bonchev–Trinajstić information content (AvgIpc) is 3.06. The number of carboxylic acids is 1. The Hall–Kier alpha value is -2.42. The maximum atomic E-state index is 11.7. The van der Waals surface area contributed by atoms with E-state index >= 15 is 0 Å². The number of rotatable bonds is 6. The standard InChI is InChI=1S/C12H15N5O3S/c1-8(6-17-4-2-3-14-17)15-12(20)13-5-10-16-9(7-21-10)11(18)19/h2-4,7-8H,5-6H2,1H3,(H,18,19)(H2,13,15,20). The van der Waals surface area contributed by atoms with E-state index in [-0.39, 0.29) is 24.3 Å². The van der Waals surface area contributed by atoms with E-state index in [0.717, 1.165) is 0 Å². The van der Waals surface area contributed by atoms with Gasteiger partial charge in [0.15, 0.2) is 5.69 Å². The normalized spacial score (nSPS) is 11.9. The first-order chi connectivity index (χ1) is 10.0. The molecule has 2 aromatic rings. The Labute approximate surface area is 124 Å². The van der Waals surface area contributed by atoms with Crippen molar-refractivity contribution in [1.82, 2.24) is 25.4 Å². The molecular formula is C12H15N5O3S. The van der Waals surface area contributed by atoms with E-state index < -0.39 is 5.97 Å². The highest BCUT2D eigenvalue weighted by molar-refractivity contribution is 7.09. The second-order valence-electron chi connectivity index (χ2n) is 4.39. The van der Waals surface area contributed by atoms with Crippen molar-refractivity contribution in [3.05, 3.63) is 34.5 Å². The molecule has 21 heavy (non-hydrogen) atoms. The zero-order valence-electron chi connectivity index (χ0n) is 11.3. The van der Waals surface area contributed by atoms with E-state index in [9.17, 15) is 9.59 Å². The lowest BCUT2D eigenvalue weighted by Crippen LogP contribution is -2.42. The lowest BCUT2D eigenvalue weighted by molar-refractivity contribution is 0.0691. The minimum absolute atomic E-state index is 0.00995. The smallest absolute Gasteiger partial charge is 0.355 e. The molecule has 0 saturated heterocycles. The third-order valence-electron chi connectivity index (χ3n) is 2.57. The molecule has 0 aliphatic carbocycles. The second-order valence-corrected chi connectivity index (χ2v) is 5.33. The van der Waals surface area contributed by atoms with E-state index in [4.69, 9.17) is 5.11 Å². The molecule has 0 aliphatic heterocycles. The highest BCUT2D eigenvalue weighted by Crippen LogP contribution is 2.09.